The van der Waals surface area contributed by atoms with Crippen LogP contribution in [0.15, 0.2) is 89.1 Å². The topological polar surface area (TPSA) is 45.0 Å². The van der Waals surface area contributed by atoms with Gasteiger partial charge >= 0.3 is 0 Å². The van der Waals surface area contributed by atoms with Gasteiger partial charge in [0.2, 0.25) is 0 Å². The molecule has 0 spiro atoms. The van der Waals surface area contributed by atoms with Crippen molar-refractivity contribution in [3.05, 3.63) is 90.0 Å². The largest absolute Gasteiger partial charge is 0.508 e. The van der Waals surface area contributed by atoms with Crippen molar-refractivity contribution in [2.75, 3.05) is 0 Å². The highest BCUT2D eigenvalue weighted by Gasteiger charge is 2.08. The first-order valence-corrected chi connectivity index (χ1v) is 8.81. The van der Waals surface area contributed by atoms with Crippen LogP contribution >= 0.6 is 0 Å². The van der Waals surface area contributed by atoms with Crippen LogP contribution < -0.4 is 0 Å². The quantitative estimate of drug-likeness (QED) is 0.252. The summed E-state index contributed by atoms with van der Waals surface area (Å²) in [5, 5.41) is 25.2. The van der Waals surface area contributed by atoms with E-state index in [1.165, 1.54) is 32.3 Å². The standard InChI is InChI=1S/C24H16N2O/c27-22-10-4-16(5-11-22)14-25-26-15-17-12-20-8-6-18-2-1-3-19-7-9-21(13-17)24(20)23(18)19/h1-15,27H/b25-14+,26-15+. The van der Waals surface area contributed by atoms with Crippen LogP contribution in [0.25, 0.3) is 32.3 Å². The third-order valence-corrected chi connectivity index (χ3v) is 4.86. The van der Waals surface area contributed by atoms with E-state index < -0.39 is 0 Å². The van der Waals surface area contributed by atoms with Crippen LogP contribution in [0, 0.1) is 0 Å². The van der Waals surface area contributed by atoms with Gasteiger partial charge in [-0.15, -0.1) is 0 Å². The molecule has 1 N–H and O–H groups in total. The van der Waals surface area contributed by atoms with Crippen molar-refractivity contribution >= 4 is 44.7 Å². The summed E-state index contributed by atoms with van der Waals surface area (Å²) in [6.45, 7) is 0. The Balaban J connectivity index is 1.53. The van der Waals surface area contributed by atoms with Gasteiger partial charge in [-0.05, 0) is 79.8 Å². The van der Waals surface area contributed by atoms with Crippen molar-refractivity contribution in [1.29, 1.82) is 0 Å². The number of phenols is 1. The third-order valence-electron chi connectivity index (χ3n) is 4.86. The summed E-state index contributed by atoms with van der Waals surface area (Å²) in [5.41, 5.74) is 1.91. The molecular weight excluding hydrogens is 332 g/mol. The van der Waals surface area contributed by atoms with Gasteiger partial charge in [0.1, 0.15) is 5.75 Å². The zero-order chi connectivity index (χ0) is 18.2. The summed E-state index contributed by atoms with van der Waals surface area (Å²) >= 11 is 0. The molecule has 5 aromatic carbocycles. The van der Waals surface area contributed by atoms with Gasteiger partial charge in [-0.1, -0.05) is 42.5 Å². The molecule has 0 aliphatic rings. The molecule has 0 atom stereocenters. The predicted octanol–water partition coefficient (Wildman–Crippen LogP) is 5.74. The summed E-state index contributed by atoms with van der Waals surface area (Å²) in [6.07, 6.45) is 3.44. The van der Waals surface area contributed by atoms with E-state index >= 15 is 0 Å². The first-order chi connectivity index (χ1) is 13.3. The first-order valence-electron chi connectivity index (χ1n) is 8.81. The van der Waals surface area contributed by atoms with Crippen LogP contribution in [0.4, 0.5) is 0 Å². The number of hydrogen-bond acceptors (Lipinski definition) is 3. The summed E-state index contributed by atoms with van der Waals surface area (Å²) in [4.78, 5) is 0. The Morgan fingerprint density at radius 1 is 0.556 bits per heavy atom. The number of rotatable bonds is 3. The lowest BCUT2D eigenvalue weighted by molar-refractivity contribution is 0.475. The lowest BCUT2D eigenvalue weighted by Crippen LogP contribution is -1.87. The van der Waals surface area contributed by atoms with Crippen molar-refractivity contribution in [1.82, 2.24) is 0 Å². The molecular formula is C24H16N2O. The Hall–Kier alpha value is -3.72. The molecule has 0 aliphatic heterocycles. The van der Waals surface area contributed by atoms with Gasteiger partial charge in [-0.2, -0.15) is 10.2 Å². The van der Waals surface area contributed by atoms with E-state index in [0.717, 1.165) is 11.1 Å². The SMILES string of the molecule is Oc1ccc(/C=N/N=C/c2cc3ccc4cccc5ccc(c2)c3c45)cc1. The van der Waals surface area contributed by atoms with Gasteiger partial charge in [0.05, 0.1) is 12.4 Å². The molecule has 27 heavy (non-hydrogen) atoms. The van der Waals surface area contributed by atoms with Crippen molar-refractivity contribution < 1.29 is 5.11 Å². The van der Waals surface area contributed by atoms with Gasteiger partial charge in [0.15, 0.2) is 0 Å². The minimum atomic E-state index is 0.240. The molecule has 0 heterocycles. The van der Waals surface area contributed by atoms with Crippen LogP contribution in [0.3, 0.4) is 0 Å². The second-order valence-electron chi connectivity index (χ2n) is 6.63. The smallest absolute Gasteiger partial charge is 0.115 e. The minimum absolute atomic E-state index is 0.240. The monoisotopic (exact) mass is 348 g/mol. The Labute approximate surface area is 156 Å². The number of aromatic hydroxyl groups is 1. The van der Waals surface area contributed by atoms with Crippen LogP contribution in [-0.2, 0) is 0 Å². The fourth-order valence-corrected chi connectivity index (χ4v) is 3.61. The van der Waals surface area contributed by atoms with Gasteiger partial charge < -0.3 is 5.11 Å². The number of hydrogen-bond donors (Lipinski definition) is 1. The van der Waals surface area contributed by atoms with Crippen LogP contribution in [0.1, 0.15) is 11.1 Å². The van der Waals surface area contributed by atoms with Gasteiger partial charge in [0.25, 0.3) is 0 Å². The highest BCUT2D eigenvalue weighted by molar-refractivity contribution is 6.23. The fraction of sp³-hybridized carbons (Fsp3) is 0. The van der Waals surface area contributed by atoms with Crippen molar-refractivity contribution in [3.63, 3.8) is 0 Å². The molecule has 0 radical (unpaired) electrons. The maximum Gasteiger partial charge on any atom is 0.115 e. The zero-order valence-corrected chi connectivity index (χ0v) is 14.5. The Morgan fingerprint density at radius 2 is 1.07 bits per heavy atom. The van der Waals surface area contributed by atoms with E-state index in [1.807, 2.05) is 0 Å². The summed E-state index contributed by atoms with van der Waals surface area (Å²) in [6, 6.07) is 26.2. The minimum Gasteiger partial charge on any atom is -0.508 e. The second-order valence-corrected chi connectivity index (χ2v) is 6.63. The Kier molecular flexibility index (Phi) is 3.58. The lowest BCUT2D eigenvalue weighted by atomic mass is 9.93. The van der Waals surface area contributed by atoms with E-state index in [1.54, 1.807) is 36.7 Å². The average molecular weight is 348 g/mol. The molecule has 0 fully saturated rings. The summed E-state index contributed by atoms with van der Waals surface area (Å²) in [5.74, 6) is 0.240. The van der Waals surface area contributed by atoms with Crippen LogP contribution in [0.5, 0.6) is 5.75 Å². The van der Waals surface area contributed by atoms with E-state index in [-0.39, 0.29) is 5.75 Å². The maximum absolute atomic E-state index is 9.30. The normalized spacial score (nSPS) is 12.3. The number of nitrogens with zero attached hydrogens (tertiary/aromatic N) is 2. The van der Waals surface area contributed by atoms with Gasteiger partial charge in [-0.3, -0.25) is 0 Å². The molecule has 0 amide bonds. The molecule has 0 unspecified atom stereocenters. The molecule has 3 nitrogen and oxygen atoms in total. The summed E-state index contributed by atoms with van der Waals surface area (Å²) in [7, 11) is 0. The van der Waals surface area contributed by atoms with E-state index in [0.29, 0.717) is 0 Å². The fourth-order valence-electron chi connectivity index (χ4n) is 3.61. The first kappa shape index (κ1) is 15.5. The van der Waals surface area contributed by atoms with Crippen molar-refractivity contribution in [2.24, 2.45) is 10.2 Å². The van der Waals surface area contributed by atoms with Crippen LogP contribution in [-0.4, -0.2) is 17.5 Å². The van der Waals surface area contributed by atoms with Crippen LogP contribution in [0.2, 0.25) is 0 Å². The molecule has 0 bridgehead atoms. The molecule has 5 aromatic rings. The average Bonchev–Trinajstić information content (AvgIpc) is 2.70. The van der Waals surface area contributed by atoms with E-state index in [2.05, 4.69) is 64.8 Å². The van der Waals surface area contributed by atoms with E-state index in [9.17, 15) is 5.11 Å². The lowest BCUT2D eigenvalue weighted by Gasteiger charge is -2.11. The second kappa shape index (κ2) is 6.22. The highest BCUT2D eigenvalue weighted by Crippen LogP contribution is 2.34. The van der Waals surface area contributed by atoms with E-state index in [4.69, 9.17) is 0 Å². The van der Waals surface area contributed by atoms with Crippen molar-refractivity contribution in [3.8, 4) is 5.75 Å². The third kappa shape index (κ3) is 2.79. The molecule has 128 valence electrons. The maximum atomic E-state index is 9.30. The van der Waals surface area contributed by atoms with Gasteiger partial charge in [0, 0.05) is 0 Å². The molecule has 0 aliphatic carbocycles. The van der Waals surface area contributed by atoms with Crippen molar-refractivity contribution in [2.45, 2.75) is 0 Å². The Bertz CT molecular complexity index is 1250. The number of phenolic OH excluding ortho intramolecular Hbond substituents is 1. The van der Waals surface area contributed by atoms with Gasteiger partial charge in [-0.25, -0.2) is 0 Å². The molecule has 0 saturated heterocycles. The highest BCUT2D eigenvalue weighted by atomic mass is 16.3. The summed E-state index contributed by atoms with van der Waals surface area (Å²) < 4.78 is 0. The molecule has 0 saturated carbocycles. The molecule has 0 aromatic heterocycles. The number of benzene rings is 5. The molecule has 5 rings (SSSR count). The Morgan fingerprint density at radius 3 is 1.70 bits per heavy atom. The zero-order valence-electron chi connectivity index (χ0n) is 14.5. The molecule has 3 heteroatoms. The predicted molar refractivity (Wildman–Crippen MR) is 113 cm³/mol.